The molecule has 0 amide bonds. The molecule has 1 aromatic carbocycles. The minimum atomic E-state index is -0.624. The summed E-state index contributed by atoms with van der Waals surface area (Å²) >= 11 is 0. The number of hydrogen-bond acceptors (Lipinski definition) is 5. The fourth-order valence-electron chi connectivity index (χ4n) is 2.52. The third-order valence-electron chi connectivity index (χ3n) is 3.72. The quantitative estimate of drug-likeness (QED) is 0.828. The zero-order valence-corrected chi connectivity index (χ0v) is 11.8. The topological polar surface area (TPSA) is 89.1 Å². The molecule has 1 aliphatic rings. The second-order valence-electron chi connectivity index (χ2n) is 5.28. The Kier molecular flexibility index (Phi) is 5.57. The van der Waals surface area contributed by atoms with Gasteiger partial charge in [-0.05, 0) is 37.1 Å². The lowest BCUT2D eigenvalue weighted by molar-refractivity contribution is 0.103. The van der Waals surface area contributed by atoms with Gasteiger partial charge in [-0.1, -0.05) is 6.42 Å². The Morgan fingerprint density at radius 2 is 2.05 bits per heavy atom. The first kappa shape index (κ1) is 15.3. The van der Waals surface area contributed by atoms with Crippen LogP contribution < -0.4 is 10.1 Å². The van der Waals surface area contributed by atoms with Crippen LogP contribution in [0.5, 0.6) is 5.75 Å². The maximum atomic E-state index is 9.91. The molecule has 1 aromatic rings. The maximum absolute atomic E-state index is 9.91. The molecule has 1 fully saturated rings. The first-order valence-corrected chi connectivity index (χ1v) is 7.17. The Labute approximate surface area is 124 Å². The Bertz CT molecular complexity index is 530. The number of rotatable bonds is 6. The number of nitriles is 2. The fraction of sp³-hybridized carbons (Fsp3) is 0.500. The molecule has 0 saturated heterocycles. The highest BCUT2D eigenvalue weighted by Gasteiger charge is 2.26. The number of benzene rings is 1. The van der Waals surface area contributed by atoms with Crippen molar-refractivity contribution >= 4 is 0 Å². The number of hydrogen-bond donors (Lipinski definition) is 2. The van der Waals surface area contributed by atoms with Crippen molar-refractivity contribution in [2.45, 2.75) is 31.4 Å². The Hall–Kier alpha value is -2.08. The molecule has 0 aromatic heterocycles. The van der Waals surface area contributed by atoms with Crippen LogP contribution in [0.25, 0.3) is 0 Å². The van der Waals surface area contributed by atoms with Gasteiger partial charge in [-0.25, -0.2) is 0 Å². The molecule has 0 radical (unpaired) electrons. The van der Waals surface area contributed by atoms with Crippen molar-refractivity contribution in [3.05, 3.63) is 29.8 Å². The highest BCUT2D eigenvalue weighted by molar-refractivity contribution is 5.34. The standard InChI is InChI=1S/C16H19N3O2/c17-8-12-4-6-15(7-5-12)21-11-14(20)10-19-16-3-1-2-13(16)9-18/h4-7,13-14,16,19-20H,1-3,10-11H2/t13-,14+,16-/m0/s1. The third kappa shape index (κ3) is 4.46. The molecule has 21 heavy (non-hydrogen) atoms. The normalized spacial score (nSPS) is 22.2. The molecule has 5 nitrogen and oxygen atoms in total. The summed E-state index contributed by atoms with van der Waals surface area (Å²) in [7, 11) is 0. The maximum Gasteiger partial charge on any atom is 0.119 e. The van der Waals surface area contributed by atoms with Crippen molar-refractivity contribution in [1.82, 2.24) is 5.32 Å². The van der Waals surface area contributed by atoms with Crippen LogP contribution in [0.4, 0.5) is 0 Å². The van der Waals surface area contributed by atoms with Crippen molar-refractivity contribution in [3.63, 3.8) is 0 Å². The minimum absolute atomic E-state index is 0.0524. The lowest BCUT2D eigenvalue weighted by Crippen LogP contribution is -2.39. The number of aliphatic hydroxyl groups is 1. The molecule has 0 aliphatic heterocycles. The minimum Gasteiger partial charge on any atom is -0.491 e. The van der Waals surface area contributed by atoms with E-state index < -0.39 is 6.10 Å². The molecule has 0 unspecified atom stereocenters. The summed E-state index contributed by atoms with van der Waals surface area (Å²) in [6, 6.07) is 11.3. The van der Waals surface area contributed by atoms with E-state index in [4.69, 9.17) is 15.3 Å². The molecule has 0 heterocycles. The van der Waals surface area contributed by atoms with Gasteiger partial charge in [0.25, 0.3) is 0 Å². The largest absolute Gasteiger partial charge is 0.491 e. The van der Waals surface area contributed by atoms with Crippen LogP contribution in [0.3, 0.4) is 0 Å². The number of ether oxygens (including phenoxy) is 1. The van der Waals surface area contributed by atoms with Crippen LogP contribution in [0.15, 0.2) is 24.3 Å². The van der Waals surface area contributed by atoms with Crippen molar-refractivity contribution in [2.75, 3.05) is 13.2 Å². The smallest absolute Gasteiger partial charge is 0.119 e. The lowest BCUT2D eigenvalue weighted by Gasteiger charge is -2.18. The van der Waals surface area contributed by atoms with Crippen molar-refractivity contribution in [1.29, 1.82) is 10.5 Å². The number of aliphatic hydroxyl groups excluding tert-OH is 1. The predicted molar refractivity (Wildman–Crippen MR) is 77.4 cm³/mol. The van der Waals surface area contributed by atoms with Gasteiger partial charge in [-0.15, -0.1) is 0 Å². The molecule has 3 atom stereocenters. The first-order valence-electron chi connectivity index (χ1n) is 7.17. The first-order chi connectivity index (χ1) is 10.2. The monoisotopic (exact) mass is 285 g/mol. The Balaban J connectivity index is 1.71. The number of nitrogens with zero attached hydrogens (tertiary/aromatic N) is 2. The molecule has 2 N–H and O–H groups in total. The molecule has 0 bridgehead atoms. The molecule has 5 heteroatoms. The second kappa shape index (κ2) is 7.64. The second-order valence-corrected chi connectivity index (χ2v) is 5.28. The van der Waals surface area contributed by atoms with Gasteiger partial charge in [0, 0.05) is 12.6 Å². The van der Waals surface area contributed by atoms with E-state index in [1.807, 2.05) is 6.07 Å². The SMILES string of the molecule is N#Cc1ccc(OC[C@H](O)CN[C@H]2CCC[C@H]2C#N)cc1. The average molecular weight is 285 g/mol. The van der Waals surface area contributed by atoms with Crippen LogP contribution in [0.1, 0.15) is 24.8 Å². The number of nitrogens with one attached hydrogen (secondary N) is 1. The summed E-state index contributed by atoms with van der Waals surface area (Å²) in [6.45, 7) is 0.599. The zero-order chi connectivity index (χ0) is 15.1. The van der Waals surface area contributed by atoms with Crippen LogP contribution in [0.2, 0.25) is 0 Å². The summed E-state index contributed by atoms with van der Waals surface area (Å²) in [5.74, 6) is 0.681. The fourth-order valence-corrected chi connectivity index (χ4v) is 2.52. The summed E-state index contributed by atoms with van der Waals surface area (Å²) in [4.78, 5) is 0. The molecule has 0 spiro atoms. The van der Waals surface area contributed by atoms with Gasteiger partial charge >= 0.3 is 0 Å². The molecule has 2 rings (SSSR count). The van der Waals surface area contributed by atoms with E-state index >= 15 is 0 Å². The van der Waals surface area contributed by atoms with E-state index in [1.165, 1.54) is 0 Å². The highest BCUT2D eigenvalue weighted by Crippen LogP contribution is 2.24. The van der Waals surface area contributed by atoms with E-state index in [2.05, 4.69) is 11.4 Å². The van der Waals surface area contributed by atoms with Crippen molar-refractivity contribution < 1.29 is 9.84 Å². The summed E-state index contributed by atoms with van der Waals surface area (Å²) in [5.41, 5.74) is 0.577. The van der Waals surface area contributed by atoms with Gasteiger partial charge in [-0.3, -0.25) is 0 Å². The van der Waals surface area contributed by atoms with Crippen LogP contribution in [-0.4, -0.2) is 30.4 Å². The van der Waals surface area contributed by atoms with Gasteiger partial charge in [0.05, 0.1) is 23.6 Å². The van der Waals surface area contributed by atoms with Gasteiger partial charge in [0.2, 0.25) is 0 Å². The summed E-state index contributed by atoms with van der Waals surface area (Å²) in [5, 5.41) is 30.8. The van der Waals surface area contributed by atoms with E-state index in [0.29, 0.717) is 17.9 Å². The third-order valence-corrected chi connectivity index (χ3v) is 3.72. The van der Waals surface area contributed by atoms with Crippen LogP contribution >= 0.6 is 0 Å². The van der Waals surface area contributed by atoms with Crippen LogP contribution in [-0.2, 0) is 0 Å². The van der Waals surface area contributed by atoms with E-state index in [-0.39, 0.29) is 18.6 Å². The van der Waals surface area contributed by atoms with E-state index in [0.717, 1.165) is 19.3 Å². The van der Waals surface area contributed by atoms with Crippen molar-refractivity contribution in [3.8, 4) is 17.9 Å². The Morgan fingerprint density at radius 1 is 1.29 bits per heavy atom. The summed E-state index contributed by atoms with van der Waals surface area (Å²) < 4.78 is 5.47. The Morgan fingerprint density at radius 3 is 2.71 bits per heavy atom. The predicted octanol–water partition coefficient (Wildman–Crippen LogP) is 1.58. The molecule has 110 valence electrons. The van der Waals surface area contributed by atoms with Gasteiger partial charge < -0.3 is 15.2 Å². The van der Waals surface area contributed by atoms with Gasteiger partial charge in [-0.2, -0.15) is 10.5 Å². The molecular weight excluding hydrogens is 266 g/mol. The molecular formula is C16H19N3O2. The molecule has 1 saturated carbocycles. The molecule has 1 aliphatic carbocycles. The summed E-state index contributed by atoms with van der Waals surface area (Å²) in [6.07, 6.45) is 2.36. The highest BCUT2D eigenvalue weighted by atomic mass is 16.5. The van der Waals surface area contributed by atoms with Gasteiger partial charge in [0.15, 0.2) is 0 Å². The zero-order valence-electron chi connectivity index (χ0n) is 11.8. The van der Waals surface area contributed by atoms with E-state index in [9.17, 15) is 5.11 Å². The average Bonchev–Trinajstić information content (AvgIpc) is 2.99. The van der Waals surface area contributed by atoms with Crippen LogP contribution in [0, 0.1) is 28.6 Å². The van der Waals surface area contributed by atoms with Crippen molar-refractivity contribution in [2.24, 2.45) is 5.92 Å². The van der Waals surface area contributed by atoms with E-state index in [1.54, 1.807) is 24.3 Å². The lowest BCUT2D eigenvalue weighted by atomic mass is 10.1. The van der Waals surface area contributed by atoms with Gasteiger partial charge in [0.1, 0.15) is 18.5 Å².